The molecule has 0 spiro atoms. The van der Waals surface area contributed by atoms with Crippen molar-refractivity contribution in [2.75, 3.05) is 13.6 Å². The van der Waals surface area contributed by atoms with Crippen molar-refractivity contribution in [2.24, 2.45) is 0 Å². The molecule has 3 rings (SSSR count). The molecule has 1 aliphatic rings. The number of nitro groups is 1. The molecule has 2 heterocycles. The van der Waals surface area contributed by atoms with Crippen molar-refractivity contribution in [3.05, 3.63) is 81.8 Å². The largest absolute Gasteiger partial charge is 0.433 e. The second-order valence-electron chi connectivity index (χ2n) is 5.54. The second-order valence-corrected chi connectivity index (χ2v) is 5.54. The lowest BCUT2D eigenvalue weighted by atomic mass is 9.98. The second kappa shape index (κ2) is 6.54. The van der Waals surface area contributed by atoms with Crippen molar-refractivity contribution in [3.63, 3.8) is 0 Å². The first-order valence-corrected chi connectivity index (χ1v) is 7.52. The van der Waals surface area contributed by atoms with Gasteiger partial charge in [-0.3, -0.25) is 14.9 Å². The Hall–Kier alpha value is -3.15. The Labute approximate surface area is 138 Å². The van der Waals surface area contributed by atoms with Gasteiger partial charge in [-0.2, -0.15) is 0 Å². The third-order valence-electron chi connectivity index (χ3n) is 3.92. The molecule has 0 fully saturated rings. The van der Waals surface area contributed by atoms with Gasteiger partial charge in [0, 0.05) is 25.4 Å². The zero-order valence-corrected chi connectivity index (χ0v) is 13.1. The standard InChI is InChI=1S/C18H16N2O4/c1-19-10-9-14(13-5-3-2-4-6-13)11-15(19)12-16(21)17-7-8-18(24-17)20(22)23/h2-8,11-12H,9-10H2,1H3/b15-12+. The number of hydrogen-bond acceptors (Lipinski definition) is 5. The van der Waals surface area contributed by atoms with Crippen molar-refractivity contribution in [1.29, 1.82) is 0 Å². The summed E-state index contributed by atoms with van der Waals surface area (Å²) < 4.78 is 4.96. The van der Waals surface area contributed by atoms with Gasteiger partial charge in [0.15, 0.2) is 5.76 Å². The summed E-state index contributed by atoms with van der Waals surface area (Å²) >= 11 is 0. The molecule has 0 N–H and O–H groups in total. The molecule has 24 heavy (non-hydrogen) atoms. The molecule has 0 saturated carbocycles. The predicted molar refractivity (Wildman–Crippen MR) is 89.4 cm³/mol. The van der Waals surface area contributed by atoms with Crippen LogP contribution < -0.4 is 0 Å². The van der Waals surface area contributed by atoms with E-state index in [1.165, 1.54) is 18.2 Å². The van der Waals surface area contributed by atoms with Crippen LogP contribution in [0.4, 0.5) is 5.88 Å². The van der Waals surface area contributed by atoms with E-state index in [9.17, 15) is 14.9 Å². The van der Waals surface area contributed by atoms with Crippen LogP contribution in [0.15, 0.2) is 64.7 Å². The zero-order chi connectivity index (χ0) is 17.1. The van der Waals surface area contributed by atoms with Crippen LogP contribution in [-0.4, -0.2) is 29.2 Å². The average molecular weight is 324 g/mol. The Morgan fingerprint density at radius 3 is 2.67 bits per heavy atom. The van der Waals surface area contributed by atoms with Gasteiger partial charge in [-0.15, -0.1) is 0 Å². The molecule has 6 heteroatoms. The van der Waals surface area contributed by atoms with Crippen LogP contribution in [0.1, 0.15) is 22.5 Å². The maximum absolute atomic E-state index is 12.3. The molecule has 2 aromatic rings. The third kappa shape index (κ3) is 3.27. The molecule has 0 bridgehead atoms. The first-order valence-electron chi connectivity index (χ1n) is 7.52. The molecule has 0 saturated heterocycles. The summed E-state index contributed by atoms with van der Waals surface area (Å²) in [6.45, 7) is 0.790. The number of nitrogens with zero attached hydrogens (tertiary/aromatic N) is 2. The maximum Gasteiger partial charge on any atom is 0.433 e. The quantitative estimate of drug-likeness (QED) is 0.371. The van der Waals surface area contributed by atoms with E-state index >= 15 is 0 Å². The van der Waals surface area contributed by atoms with E-state index in [2.05, 4.69) is 0 Å². The van der Waals surface area contributed by atoms with Gasteiger partial charge in [-0.1, -0.05) is 30.3 Å². The minimum atomic E-state index is -0.663. The number of ketones is 1. The highest BCUT2D eigenvalue weighted by molar-refractivity contribution is 6.03. The molecule has 1 aliphatic heterocycles. The molecule has 1 aromatic carbocycles. The SMILES string of the molecule is CN1CCC(c2ccccc2)=C/C1=C\C(=O)c1ccc([N+](=O)[O-])o1. The number of furan rings is 1. The first-order chi connectivity index (χ1) is 11.5. The Bertz CT molecular complexity index is 834. The normalized spacial score (nSPS) is 16.1. The van der Waals surface area contributed by atoms with Gasteiger partial charge in [0.2, 0.25) is 5.78 Å². The van der Waals surface area contributed by atoms with Crippen LogP contribution >= 0.6 is 0 Å². The summed E-state index contributed by atoms with van der Waals surface area (Å²) in [5, 5.41) is 10.6. The lowest BCUT2D eigenvalue weighted by Gasteiger charge is -2.27. The third-order valence-corrected chi connectivity index (χ3v) is 3.92. The molecule has 6 nitrogen and oxygen atoms in total. The number of carbonyl (C=O) groups excluding carboxylic acids is 1. The molecule has 0 unspecified atom stereocenters. The molecular weight excluding hydrogens is 308 g/mol. The molecule has 0 radical (unpaired) electrons. The Morgan fingerprint density at radius 1 is 1.25 bits per heavy atom. The van der Waals surface area contributed by atoms with Crippen LogP contribution in [0.25, 0.3) is 5.57 Å². The fourth-order valence-corrected chi connectivity index (χ4v) is 2.57. The summed E-state index contributed by atoms with van der Waals surface area (Å²) in [5.74, 6) is -0.868. The van der Waals surface area contributed by atoms with E-state index in [0.29, 0.717) is 0 Å². The Kier molecular flexibility index (Phi) is 4.29. The van der Waals surface area contributed by atoms with E-state index < -0.39 is 16.6 Å². The van der Waals surface area contributed by atoms with Crippen molar-refractivity contribution in [3.8, 4) is 0 Å². The zero-order valence-electron chi connectivity index (χ0n) is 13.1. The fraction of sp³-hybridized carbons (Fsp3) is 0.167. The topological polar surface area (TPSA) is 76.6 Å². The average Bonchev–Trinajstić information content (AvgIpc) is 3.08. The van der Waals surface area contributed by atoms with Crippen LogP contribution in [0.2, 0.25) is 0 Å². The van der Waals surface area contributed by atoms with Crippen molar-refractivity contribution >= 4 is 17.2 Å². The van der Waals surface area contributed by atoms with Crippen LogP contribution in [-0.2, 0) is 0 Å². The molecular formula is C18H16N2O4. The van der Waals surface area contributed by atoms with Crippen LogP contribution in [0.5, 0.6) is 0 Å². The van der Waals surface area contributed by atoms with E-state index in [4.69, 9.17) is 4.42 Å². The molecule has 1 aromatic heterocycles. The maximum atomic E-state index is 12.3. The highest BCUT2D eigenvalue weighted by Crippen LogP contribution is 2.27. The summed E-state index contributed by atoms with van der Waals surface area (Å²) in [5.41, 5.74) is 3.03. The highest BCUT2D eigenvalue weighted by Gasteiger charge is 2.19. The Balaban J connectivity index is 1.89. The van der Waals surface area contributed by atoms with E-state index in [1.54, 1.807) is 0 Å². The highest BCUT2D eigenvalue weighted by atomic mass is 16.6. The number of allylic oxidation sites excluding steroid dienone is 2. The van der Waals surface area contributed by atoms with Crippen LogP contribution in [0.3, 0.4) is 0 Å². The van der Waals surface area contributed by atoms with E-state index in [1.807, 2.05) is 48.4 Å². The van der Waals surface area contributed by atoms with E-state index in [0.717, 1.165) is 29.8 Å². The van der Waals surface area contributed by atoms with Gasteiger partial charge < -0.3 is 9.32 Å². The molecule has 0 atom stereocenters. The molecule has 0 aliphatic carbocycles. The molecule has 0 amide bonds. The van der Waals surface area contributed by atoms with Gasteiger partial charge in [0.25, 0.3) is 0 Å². The van der Waals surface area contributed by atoms with Gasteiger partial charge in [-0.25, -0.2) is 0 Å². The summed E-state index contributed by atoms with van der Waals surface area (Å²) in [4.78, 5) is 24.2. The fourth-order valence-electron chi connectivity index (χ4n) is 2.57. The van der Waals surface area contributed by atoms with Crippen molar-refractivity contribution in [2.45, 2.75) is 6.42 Å². The van der Waals surface area contributed by atoms with Gasteiger partial charge in [0.05, 0.1) is 6.07 Å². The number of hydrogen-bond donors (Lipinski definition) is 0. The molecule has 122 valence electrons. The van der Waals surface area contributed by atoms with E-state index in [-0.39, 0.29) is 5.76 Å². The predicted octanol–water partition coefficient (Wildman–Crippen LogP) is 3.67. The lowest BCUT2D eigenvalue weighted by Crippen LogP contribution is -2.23. The summed E-state index contributed by atoms with van der Waals surface area (Å²) in [6.07, 6.45) is 4.30. The first kappa shape index (κ1) is 15.7. The Morgan fingerprint density at radius 2 is 2.00 bits per heavy atom. The van der Waals surface area contributed by atoms with Gasteiger partial charge in [0.1, 0.15) is 4.92 Å². The lowest BCUT2D eigenvalue weighted by molar-refractivity contribution is -0.402. The number of rotatable bonds is 4. The van der Waals surface area contributed by atoms with Crippen molar-refractivity contribution < 1.29 is 14.1 Å². The van der Waals surface area contributed by atoms with Gasteiger partial charge in [-0.05, 0) is 29.7 Å². The number of carbonyl (C=O) groups is 1. The van der Waals surface area contributed by atoms with Crippen LogP contribution in [0, 0.1) is 10.1 Å². The minimum absolute atomic E-state index is 0.0390. The summed E-state index contributed by atoms with van der Waals surface area (Å²) in [6, 6.07) is 12.5. The van der Waals surface area contributed by atoms with Crippen molar-refractivity contribution in [1.82, 2.24) is 4.90 Å². The number of likely N-dealkylation sites (N-methyl/N-ethyl adjacent to an activating group) is 1. The summed E-state index contributed by atoms with van der Waals surface area (Å²) in [7, 11) is 1.90. The smallest absolute Gasteiger partial charge is 0.397 e. The van der Waals surface area contributed by atoms with Gasteiger partial charge >= 0.3 is 5.88 Å². The monoisotopic (exact) mass is 324 g/mol. The minimum Gasteiger partial charge on any atom is -0.397 e. The number of benzene rings is 1.